The van der Waals surface area contributed by atoms with Crippen LogP contribution in [0.25, 0.3) is 10.9 Å². The predicted molar refractivity (Wildman–Crippen MR) is 114 cm³/mol. The van der Waals surface area contributed by atoms with Gasteiger partial charge in [-0.15, -0.1) is 0 Å². The Balaban J connectivity index is 1.39. The maximum atomic E-state index is 12.5. The Labute approximate surface area is 170 Å². The van der Waals surface area contributed by atoms with Gasteiger partial charge in [0, 0.05) is 36.9 Å². The molecule has 2 N–H and O–H groups in total. The molecular formula is C23H26N4O2. The van der Waals surface area contributed by atoms with Gasteiger partial charge in [-0.2, -0.15) is 0 Å². The standard InChI is InChI=1S/C23H26N4O2/c1-16-5-4-10-27(14-16)15-19-8-9-20(23(29)26-19)22(28)25-13-17-11-18-6-2-3-7-21(18)24-12-17/h2-3,6-9,11-12,16H,4-5,10,13-15H2,1H3,(H,25,28)(H,26,29). The molecule has 0 saturated carbocycles. The molecule has 1 fully saturated rings. The second kappa shape index (κ2) is 8.57. The van der Waals surface area contributed by atoms with Crippen molar-refractivity contribution < 1.29 is 4.79 Å². The number of para-hydroxylation sites is 1. The largest absolute Gasteiger partial charge is 0.348 e. The van der Waals surface area contributed by atoms with Crippen LogP contribution in [0.4, 0.5) is 0 Å². The second-order valence-corrected chi connectivity index (χ2v) is 7.93. The molecule has 1 aromatic carbocycles. The monoisotopic (exact) mass is 390 g/mol. The quantitative estimate of drug-likeness (QED) is 0.702. The lowest BCUT2D eigenvalue weighted by Gasteiger charge is -2.30. The van der Waals surface area contributed by atoms with Crippen molar-refractivity contribution in [1.29, 1.82) is 0 Å². The van der Waals surface area contributed by atoms with Gasteiger partial charge in [0.15, 0.2) is 0 Å². The molecule has 0 bridgehead atoms. The Morgan fingerprint density at radius 2 is 2.14 bits per heavy atom. The fourth-order valence-corrected chi connectivity index (χ4v) is 3.95. The number of carbonyl (C=O) groups is 1. The van der Waals surface area contributed by atoms with Gasteiger partial charge in [-0.1, -0.05) is 25.1 Å². The number of nitrogens with zero attached hydrogens (tertiary/aromatic N) is 2. The lowest BCUT2D eigenvalue weighted by molar-refractivity contribution is 0.0949. The molecule has 3 heterocycles. The van der Waals surface area contributed by atoms with Gasteiger partial charge in [-0.05, 0) is 55.1 Å². The Kier molecular flexibility index (Phi) is 5.71. The summed E-state index contributed by atoms with van der Waals surface area (Å²) < 4.78 is 0. The van der Waals surface area contributed by atoms with E-state index in [0.717, 1.165) is 35.2 Å². The fourth-order valence-electron chi connectivity index (χ4n) is 3.95. The Bertz CT molecular complexity index is 1080. The van der Waals surface area contributed by atoms with Crippen LogP contribution in [-0.4, -0.2) is 33.9 Å². The number of H-pyrrole nitrogens is 1. The summed E-state index contributed by atoms with van der Waals surface area (Å²) in [5.74, 6) is 0.308. The Morgan fingerprint density at radius 1 is 1.28 bits per heavy atom. The van der Waals surface area contributed by atoms with Crippen LogP contribution in [0.2, 0.25) is 0 Å². The molecule has 0 spiro atoms. The summed E-state index contributed by atoms with van der Waals surface area (Å²) in [5, 5.41) is 3.84. The first kappa shape index (κ1) is 19.3. The maximum absolute atomic E-state index is 12.5. The van der Waals surface area contributed by atoms with Crippen molar-refractivity contribution >= 4 is 16.8 Å². The molecule has 150 valence electrons. The van der Waals surface area contributed by atoms with Crippen molar-refractivity contribution in [1.82, 2.24) is 20.2 Å². The van der Waals surface area contributed by atoms with Crippen LogP contribution >= 0.6 is 0 Å². The highest BCUT2D eigenvalue weighted by atomic mass is 16.2. The van der Waals surface area contributed by atoms with Crippen LogP contribution in [0, 0.1) is 5.92 Å². The van der Waals surface area contributed by atoms with Crippen LogP contribution in [-0.2, 0) is 13.1 Å². The first-order valence-electron chi connectivity index (χ1n) is 10.1. The first-order chi connectivity index (χ1) is 14.1. The molecule has 4 rings (SSSR count). The number of carbonyl (C=O) groups excluding carboxylic acids is 1. The molecule has 1 atom stereocenters. The third-order valence-corrected chi connectivity index (χ3v) is 5.45. The van der Waals surface area contributed by atoms with E-state index in [9.17, 15) is 9.59 Å². The van der Waals surface area contributed by atoms with Gasteiger partial charge in [-0.25, -0.2) is 0 Å². The van der Waals surface area contributed by atoms with Crippen molar-refractivity contribution in [2.24, 2.45) is 5.92 Å². The Morgan fingerprint density at radius 3 is 2.97 bits per heavy atom. The molecule has 1 aliphatic rings. The van der Waals surface area contributed by atoms with Crippen molar-refractivity contribution in [2.75, 3.05) is 13.1 Å². The van der Waals surface area contributed by atoms with E-state index in [4.69, 9.17) is 0 Å². The molecule has 6 heteroatoms. The van der Waals surface area contributed by atoms with E-state index in [1.807, 2.05) is 36.4 Å². The third kappa shape index (κ3) is 4.71. The van der Waals surface area contributed by atoms with Gasteiger partial charge in [0.1, 0.15) is 5.56 Å². The number of pyridine rings is 2. The van der Waals surface area contributed by atoms with E-state index >= 15 is 0 Å². The number of likely N-dealkylation sites (tertiary alicyclic amines) is 1. The van der Waals surface area contributed by atoms with Gasteiger partial charge >= 0.3 is 0 Å². The molecule has 1 amide bonds. The molecule has 29 heavy (non-hydrogen) atoms. The number of aromatic nitrogens is 2. The minimum atomic E-state index is -0.377. The molecule has 0 aliphatic carbocycles. The summed E-state index contributed by atoms with van der Waals surface area (Å²) in [6.45, 7) is 5.39. The Hall–Kier alpha value is -2.99. The highest BCUT2D eigenvalue weighted by Crippen LogP contribution is 2.17. The average molecular weight is 390 g/mol. The fraction of sp³-hybridized carbons (Fsp3) is 0.348. The molecule has 1 aliphatic heterocycles. The lowest BCUT2D eigenvalue weighted by atomic mass is 10.0. The van der Waals surface area contributed by atoms with Gasteiger partial charge in [0.2, 0.25) is 0 Å². The van der Waals surface area contributed by atoms with Gasteiger partial charge in [0.25, 0.3) is 11.5 Å². The van der Waals surface area contributed by atoms with Gasteiger partial charge < -0.3 is 10.3 Å². The van der Waals surface area contributed by atoms with E-state index in [1.165, 1.54) is 12.8 Å². The SMILES string of the molecule is CC1CCCN(Cc2ccc(C(=O)NCc3cnc4ccccc4c3)c(=O)[nH]2)C1. The number of benzene rings is 1. The number of nitrogens with one attached hydrogen (secondary N) is 2. The van der Waals surface area contributed by atoms with Crippen LogP contribution < -0.4 is 10.9 Å². The first-order valence-corrected chi connectivity index (χ1v) is 10.1. The summed E-state index contributed by atoms with van der Waals surface area (Å²) in [4.78, 5) is 34.5. The zero-order valence-corrected chi connectivity index (χ0v) is 16.6. The topological polar surface area (TPSA) is 78.1 Å². The smallest absolute Gasteiger partial charge is 0.261 e. The van der Waals surface area contributed by atoms with Gasteiger partial charge in [-0.3, -0.25) is 19.5 Å². The van der Waals surface area contributed by atoms with E-state index in [1.54, 1.807) is 12.3 Å². The molecule has 1 unspecified atom stereocenters. The van der Waals surface area contributed by atoms with E-state index in [-0.39, 0.29) is 17.0 Å². The number of hydrogen-bond donors (Lipinski definition) is 2. The number of aromatic amines is 1. The van der Waals surface area contributed by atoms with Crippen molar-refractivity contribution in [3.8, 4) is 0 Å². The van der Waals surface area contributed by atoms with Crippen LogP contribution in [0.15, 0.2) is 53.5 Å². The number of fused-ring (bicyclic) bond motifs is 1. The number of hydrogen-bond acceptors (Lipinski definition) is 4. The summed E-state index contributed by atoms with van der Waals surface area (Å²) in [7, 11) is 0. The summed E-state index contributed by atoms with van der Waals surface area (Å²) in [6, 6.07) is 13.3. The molecule has 2 aromatic heterocycles. The average Bonchev–Trinajstić information content (AvgIpc) is 2.72. The highest BCUT2D eigenvalue weighted by molar-refractivity contribution is 5.93. The highest BCUT2D eigenvalue weighted by Gasteiger charge is 2.17. The number of piperidine rings is 1. The maximum Gasteiger partial charge on any atom is 0.261 e. The van der Waals surface area contributed by atoms with Crippen LogP contribution in [0.1, 0.15) is 41.4 Å². The van der Waals surface area contributed by atoms with Crippen molar-refractivity contribution in [3.63, 3.8) is 0 Å². The number of rotatable bonds is 5. The predicted octanol–water partition coefficient (Wildman–Crippen LogP) is 3.09. The second-order valence-electron chi connectivity index (χ2n) is 7.93. The van der Waals surface area contributed by atoms with E-state index < -0.39 is 0 Å². The molecule has 0 radical (unpaired) electrons. The minimum Gasteiger partial charge on any atom is -0.348 e. The van der Waals surface area contributed by atoms with Crippen molar-refractivity contribution in [3.05, 3.63) is 75.8 Å². The van der Waals surface area contributed by atoms with Crippen LogP contribution in [0.3, 0.4) is 0 Å². The minimum absolute atomic E-state index is 0.134. The molecule has 6 nitrogen and oxygen atoms in total. The van der Waals surface area contributed by atoms with Crippen LogP contribution in [0.5, 0.6) is 0 Å². The summed E-state index contributed by atoms with van der Waals surface area (Å²) in [5.41, 5.74) is 2.44. The van der Waals surface area contributed by atoms with Gasteiger partial charge in [0.05, 0.1) is 5.52 Å². The van der Waals surface area contributed by atoms with Crippen molar-refractivity contribution in [2.45, 2.75) is 32.9 Å². The molecular weight excluding hydrogens is 364 g/mol. The zero-order chi connectivity index (χ0) is 20.2. The lowest BCUT2D eigenvalue weighted by Crippen LogP contribution is -2.35. The molecule has 1 saturated heterocycles. The van der Waals surface area contributed by atoms with E-state index in [0.29, 0.717) is 19.0 Å². The zero-order valence-electron chi connectivity index (χ0n) is 16.6. The summed E-state index contributed by atoms with van der Waals surface area (Å²) >= 11 is 0. The molecule has 3 aromatic rings. The van der Waals surface area contributed by atoms with E-state index in [2.05, 4.69) is 27.1 Å². The summed E-state index contributed by atoms with van der Waals surface area (Å²) in [6.07, 6.45) is 4.20. The number of amides is 1. The third-order valence-electron chi connectivity index (χ3n) is 5.45. The normalized spacial score (nSPS) is 17.3.